The van der Waals surface area contributed by atoms with Crippen LogP contribution in [-0.2, 0) is 13.1 Å². The van der Waals surface area contributed by atoms with Gasteiger partial charge < -0.3 is 5.11 Å². The van der Waals surface area contributed by atoms with E-state index in [2.05, 4.69) is 65.4 Å². The summed E-state index contributed by atoms with van der Waals surface area (Å²) in [6.07, 6.45) is 0.542. The van der Waals surface area contributed by atoms with Gasteiger partial charge in [-0.1, -0.05) is 49.1 Å². The largest absolute Gasteiger partial charge is 0.395 e. The predicted molar refractivity (Wildman–Crippen MR) is 89.1 cm³/mol. The van der Waals surface area contributed by atoms with Crippen molar-refractivity contribution in [2.24, 2.45) is 0 Å². The highest BCUT2D eigenvalue weighted by atomic mass is 32.1. The molecule has 0 atom stereocenters. The van der Waals surface area contributed by atoms with E-state index in [-0.39, 0.29) is 6.61 Å². The van der Waals surface area contributed by atoms with Crippen molar-refractivity contribution in [3.63, 3.8) is 0 Å². The van der Waals surface area contributed by atoms with E-state index in [0.29, 0.717) is 6.42 Å². The lowest BCUT2D eigenvalue weighted by Gasteiger charge is -2.19. The standard InChI is InChI=1S/C18H21NOS/c1-2-19(13-16-8-4-3-5-9-16)14-18-12-17(15-21-18)10-6-7-11-20/h3-5,8-9,12,15,20H,2,7,11,13-14H2,1H3. The molecule has 0 unspecified atom stereocenters. The maximum absolute atomic E-state index is 8.73. The normalized spacial score (nSPS) is 10.4. The first-order valence-electron chi connectivity index (χ1n) is 7.25. The van der Waals surface area contributed by atoms with Gasteiger partial charge in [-0.15, -0.1) is 11.3 Å². The maximum Gasteiger partial charge on any atom is 0.0540 e. The first kappa shape index (κ1) is 15.8. The Morgan fingerprint density at radius 2 is 2.00 bits per heavy atom. The zero-order valence-electron chi connectivity index (χ0n) is 12.4. The van der Waals surface area contributed by atoms with Crippen molar-refractivity contribution in [3.05, 3.63) is 57.8 Å². The minimum Gasteiger partial charge on any atom is -0.395 e. The summed E-state index contributed by atoms with van der Waals surface area (Å²) in [5.41, 5.74) is 2.40. The van der Waals surface area contributed by atoms with Gasteiger partial charge in [-0.25, -0.2) is 0 Å². The third kappa shape index (κ3) is 5.35. The molecule has 3 heteroatoms. The topological polar surface area (TPSA) is 23.5 Å². The molecule has 0 aliphatic rings. The van der Waals surface area contributed by atoms with Crippen LogP contribution in [0.5, 0.6) is 0 Å². The lowest BCUT2D eigenvalue weighted by atomic mass is 10.2. The average molecular weight is 299 g/mol. The van der Waals surface area contributed by atoms with Gasteiger partial charge in [0.1, 0.15) is 0 Å². The summed E-state index contributed by atoms with van der Waals surface area (Å²) in [5.74, 6) is 6.05. The Balaban J connectivity index is 1.94. The third-order valence-corrected chi connectivity index (χ3v) is 4.12. The van der Waals surface area contributed by atoms with Crippen molar-refractivity contribution in [2.75, 3.05) is 13.2 Å². The smallest absolute Gasteiger partial charge is 0.0540 e. The van der Waals surface area contributed by atoms with E-state index in [1.54, 1.807) is 11.3 Å². The van der Waals surface area contributed by atoms with E-state index in [0.717, 1.165) is 25.2 Å². The zero-order chi connectivity index (χ0) is 14.9. The molecule has 0 aliphatic carbocycles. The Labute approximate surface area is 131 Å². The van der Waals surface area contributed by atoms with Crippen LogP contribution in [0.2, 0.25) is 0 Å². The van der Waals surface area contributed by atoms with Gasteiger partial charge >= 0.3 is 0 Å². The van der Waals surface area contributed by atoms with Crippen LogP contribution >= 0.6 is 11.3 Å². The van der Waals surface area contributed by atoms with Crippen LogP contribution in [0.15, 0.2) is 41.8 Å². The average Bonchev–Trinajstić information content (AvgIpc) is 2.95. The zero-order valence-corrected chi connectivity index (χ0v) is 13.2. The van der Waals surface area contributed by atoms with E-state index in [1.807, 2.05) is 0 Å². The van der Waals surface area contributed by atoms with Crippen LogP contribution in [-0.4, -0.2) is 23.2 Å². The monoisotopic (exact) mass is 299 g/mol. The molecule has 1 N–H and O–H groups in total. The van der Waals surface area contributed by atoms with Gasteiger partial charge in [0.05, 0.1) is 6.61 Å². The molecule has 2 rings (SSSR count). The summed E-state index contributed by atoms with van der Waals surface area (Å²) >= 11 is 1.76. The number of aliphatic hydroxyl groups is 1. The summed E-state index contributed by atoms with van der Waals surface area (Å²) in [7, 11) is 0. The predicted octanol–water partition coefficient (Wildman–Crippen LogP) is 3.50. The van der Waals surface area contributed by atoms with Gasteiger partial charge in [-0.2, -0.15) is 0 Å². The minimum atomic E-state index is 0.130. The summed E-state index contributed by atoms with van der Waals surface area (Å²) in [4.78, 5) is 3.76. The number of nitrogens with zero attached hydrogens (tertiary/aromatic N) is 1. The molecule has 1 heterocycles. The molecule has 0 radical (unpaired) electrons. The van der Waals surface area contributed by atoms with Crippen molar-refractivity contribution in [1.82, 2.24) is 4.90 Å². The van der Waals surface area contributed by atoms with Crippen LogP contribution in [0.25, 0.3) is 0 Å². The fourth-order valence-corrected chi connectivity index (χ4v) is 2.95. The second-order valence-electron chi connectivity index (χ2n) is 4.87. The minimum absolute atomic E-state index is 0.130. The molecule has 110 valence electrons. The third-order valence-electron chi connectivity index (χ3n) is 3.20. The van der Waals surface area contributed by atoms with E-state index in [9.17, 15) is 0 Å². The molecule has 0 saturated heterocycles. The molecule has 2 aromatic rings. The summed E-state index contributed by atoms with van der Waals surface area (Å²) in [6, 6.07) is 12.7. The number of rotatable bonds is 6. The molecule has 0 saturated carbocycles. The molecule has 0 spiro atoms. The second-order valence-corrected chi connectivity index (χ2v) is 5.86. The molecule has 21 heavy (non-hydrogen) atoms. The molecular formula is C18H21NOS. The van der Waals surface area contributed by atoms with Crippen molar-refractivity contribution in [1.29, 1.82) is 0 Å². The highest BCUT2D eigenvalue weighted by Gasteiger charge is 2.06. The highest BCUT2D eigenvalue weighted by Crippen LogP contribution is 2.17. The molecule has 1 aromatic carbocycles. The Hall–Kier alpha value is -1.60. The van der Waals surface area contributed by atoms with Gasteiger partial charge in [0, 0.05) is 35.3 Å². The summed E-state index contributed by atoms with van der Waals surface area (Å²) in [6.45, 7) is 5.28. The second kappa shape index (κ2) is 8.63. The summed E-state index contributed by atoms with van der Waals surface area (Å²) in [5, 5.41) is 10.8. The van der Waals surface area contributed by atoms with Gasteiger partial charge in [-0.05, 0) is 18.2 Å². The van der Waals surface area contributed by atoms with Crippen molar-refractivity contribution < 1.29 is 5.11 Å². The fourth-order valence-electron chi connectivity index (χ4n) is 2.09. The van der Waals surface area contributed by atoms with Gasteiger partial charge in [-0.3, -0.25) is 4.90 Å². The van der Waals surface area contributed by atoms with Crippen LogP contribution in [0.4, 0.5) is 0 Å². The highest BCUT2D eigenvalue weighted by molar-refractivity contribution is 7.10. The quantitative estimate of drug-likeness (QED) is 0.825. The van der Waals surface area contributed by atoms with Crippen LogP contribution in [0, 0.1) is 11.8 Å². The molecule has 0 amide bonds. The Morgan fingerprint density at radius 3 is 2.71 bits per heavy atom. The van der Waals surface area contributed by atoms with Gasteiger partial charge in [0.25, 0.3) is 0 Å². The maximum atomic E-state index is 8.73. The number of benzene rings is 1. The number of hydrogen-bond acceptors (Lipinski definition) is 3. The van der Waals surface area contributed by atoms with Crippen molar-refractivity contribution in [3.8, 4) is 11.8 Å². The fraction of sp³-hybridized carbons (Fsp3) is 0.333. The van der Waals surface area contributed by atoms with E-state index >= 15 is 0 Å². The van der Waals surface area contributed by atoms with E-state index < -0.39 is 0 Å². The van der Waals surface area contributed by atoms with Crippen LogP contribution < -0.4 is 0 Å². The number of hydrogen-bond donors (Lipinski definition) is 1. The summed E-state index contributed by atoms with van der Waals surface area (Å²) < 4.78 is 0. The Kier molecular flexibility index (Phi) is 6.49. The first-order chi connectivity index (χ1) is 10.3. The van der Waals surface area contributed by atoms with Gasteiger partial charge in [0.15, 0.2) is 0 Å². The van der Waals surface area contributed by atoms with Crippen molar-refractivity contribution >= 4 is 11.3 Å². The molecule has 0 fully saturated rings. The molecule has 0 aliphatic heterocycles. The Morgan fingerprint density at radius 1 is 1.19 bits per heavy atom. The molecule has 0 bridgehead atoms. The Bertz CT molecular complexity index is 594. The molecule has 2 nitrogen and oxygen atoms in total. The van der Waals surface area contributed by atoms with Crippen LogP contribution in [0.1, 0.15) is 29.3 Å². The first-order valence-corrected chi connectivity index (χ1v) is 8.13. The van der Waals surface area contributed by atoms with Gasteiger partial charge in [0.2, 0.25) is 0 Å². The molecule has 1 aromatic heterocycles. The molecular weight excluding hydrogens is 278 g/mol. The number of thiophene rings is 1. The van der Waals surface area contributed by atoms with E-state index in [4.69, 9.17) is 5.11 Å². The van der Waals surface area contributed by atoms with Crippen LogP contribution in [0.3, 0.4) is 0 Å². The number of aliphatic hydroxyl groups excluding tert-OH is 1. The van der Waals surface area contributed by atoms with Crippen molar-refractivity contribution in [2.45, 2.75) is 26.4 Å². The lowest BCUT2D eigenvalue weighted by Crippen LogP contribution is -2.21. The SMILES string of the molecule is CCN(Cc1ccccc1)Cc1cc(C#CCCO)cs1. The lowest BCUT2D eigenvalue weighted by molar-refractivity contribution is 0.274. The van der Waals surface area contributed by atoms with E-state index in [1.165, 1.54) is 10.4 Å².